The fourth-order valence-electron chi connectivity index (χ4n) is 10.4. The second-order valence-electron chi connectivity index (χ2n) is 18.0. The number of carbonyl (C=O) groups excluding carboxylic acids is 3. The van der Waals surface area contributed by atoms with Crippen LogP contribution in [0.15, 0.2) is 48.7 Å². The number of amides is 4. The number of ether oxygens (including phenoxy) is 3. The third kappa shape index (κ3) is 7.61. The van der Waals surface area contributed by atoms with Crippen molar-refractivity contribution in [1.82, 2.24) is 40.0 Å². The number of aromatic nitrogens is 4. The van der Waals surface area contributed by atoms with Gasteiger partial charge in [0, 0.05) is 42.6 Å². The summed E-state index contributed by atoms with van der Waals surface area (Å²) in [6.07, 6.45) is 4.60. The number of likely N-dealkylation sites (tertiary alicyclic amines) is 2. The zero-order chi connectivity index (χ0) is 44.3. The lowest BCUT2D eigenvalue weighted by Crippen LogP contribution is -2.55. The van der Waals surface area contributed by atoms with Crippen LogP contribution in [-0.4, -0.2) is 115 Å². The first-order valence-corrected chi connectivity index (χ1v) is 22.1. The molecule has 4 aliphatic rings. The number of nitrogens with one attached hydrogen (secondary N) is 3. The maximum absolute atomic E-state index is 14.4. The van der Waals surface area contributed by atoms with E-state index in [0.29, 0.717) is 37.9 Å². The van der Waals surface area contributed by atoms with E-state index in [1.165, 1.54) is 14.2 Å². The molecule has 4 amide bonds. The molecule has 3 aromatic carbocycles. The van der Waals surface area contributed by atoms with Crippen molar-refractivity contribution in [2.24, 2.45) is 11.8 Å². The minimum atomic E-state index is -1.14. The van der Waals surface area contributed by atoms with E-state index < -0.39 is 24.3 Å². The van der Waals surface area contributed by atoms with E-state index in [9.17, 15) is 24.3 Å². The molecule has 4 N–H and O–H groups in total. The Morgan fingerprint density at radius 1 is 0.921 bits per heavy atom. The van der Waals surface area contributed by atoms with E-state index in [4.69, 9.17) is 24.2 Å². The molecule has 0 aliphatic carbocycles. The monoisotopic (exact) mass is 860 g/mol. The predicted octanol–water partition coefficient (Wildman–Crippen LogP) is 7.56. The average Bonchev–Trinajstić information content (AvgIpc) is 4.10. The summed E-state index contributed by atoms with van der Waals surface area (Å²) in [5.41, 5.74) is 6.51. The van der Waals surface area contributed by atoms with Crippen molar-refractivity contribution in [3.8, 4) is 28.1 Å². The summed E-state index contributed by atoms with van der Waals surface area (Å²) in [6, 6.07) is 12.3. The summed E-state index contributed by atoms with van der Waals surface area (Å²) in [4.78, 5) is 74.4. The molecule has 7 atom stereocenters. The van der Waals surface area contributed by atoms with Crippen molar-refractivity contribution in [3.63, 3.8) is 0 Å². The van der Waals surface area contributed by atoms with Gasteiger partial charge in [-0.25, -0.2) is 19.6 Å². The first-order chi connectivity index (χ1) is 30.3. The molecular formula is C47H56N8O8. The molecule has 0 bridgehead atoms. The van der Waals surface area contributed by atoms with E-state index in [-0.39, 0.29) is 47.8 Å². The number of nitrogens with zero attached hydrogens (tertiary/aromatic N) is 5. The number of benzene rings is 3. The largest absolute Gasteiger partial charge is 0.488 e. The lowest BCUT2D eigenvalue weighted by molar-refractivity contribution is -0.143. The Balaban J connectivity index is 0.970. The third-order valence-corrected chi connectivity index (χ3v) is 13.8. The number of rotatable bonds is 9. The van der Waals surface area contributed by atoms with Gasteiger partial charge in [-0.1, -0.05) is 32.0 Å². The SMILES string of the molecule is COC(=O)N[C@H](C(=O)N1[C@@H](C)CC[C@H]1c1ncc(-c2ccc3c(c2)COc2cc4c(ccc5nc([C@@H]6CC[C@H](C)N6C(=O)[C@H]([C@H]6CCCOC6)N(C)C(=O)O)[nH]c54)cc2-3)[nH]1)C(C)C. The second-order valence-corrected chi connectivity index (χ2v) is 18.0. The summed E-state index contributed by atoms with van der Waals surface area (Å²) in [5.74, 6) is 1.43. The molecule has 0 saturated carbocycles. The smallest absolute Gasteiger partial charge is 0.407 e. The number of methoxy groups -OCH3 is 1. The number of carboxylic acid groups (broad SMARTS) is 1. The van der Waals surface area contributed by atoms with E-state index in [2.05, 4.69) is 51.7 Å². The highest BCUT2D eigenvalue weighted by Gasteiger charge is 2.45. The van der Waals surface area contributed by atoms with Crippen LogP contribution in [0.4, 0.5) is 9.59 Å². The van der Waals surface area contributed by atoms with Gasteiger partial charge in [0.05, 0.1) is 48.7 Å². The van der Waals surface area contributed by atoms with Crippen LogP contribution >= 0.6 is 0 Å². The zero-order valence-corrected chi connectivity index (χ0v) is 36.6. The van der Waals surface area contributed by atoms with Crippen molar-refractivity contribution in [3.05, 3.63) is 65.9 Å². The van der Waals surface area contributed by atoms with Crippen LogP contribution in [0.1, 0.15) is 95.5 Å². The Morgan fingerprint density at radius 3 is 2.37 bits per heavy atom. The fraction of sp³-hybridized carbons (Fsp3) is 0.489. The molecule has 9 rings (SSSR count). The molecule has 3 fully saturated rings. The van der Waals surface area contributed by atoms with Crippen LogP contribution < -0.4 is 10.1 Å². The number of alkyl carbamates (subject to hydrolysis) is 1. The van der Waals surface area contributed by atoms with Crippen molar-refractivity contribution >= 4 is 45.8 Å². The molecule has 5 aromatic rings. The number of likely N-dealkylation sites (N-methyl/N-ethyl adjacent to an activating group) is 1. The van der Waals surface area contributed by atoms with Gasteiger partial charge in [-0.2, -0.15) is 0 Å². The van der Waals surface area contributed by atoms with Gasteiger partial charge in [-0.3, -0.25) is 14.5 Å². The normalized spacial score (nSPS) is 23.0. The maximum atomic E-state index is 14.4. The molecular weight excluding hydrogens is 805 g/mol. The number of carbonyl (C=O) groups is 4. The first-order valence-electron chi connectivity index (χ1n) is 22.1. The summed E-state index contributed by atoms with van der Waals surface area (Å²) < 4.78 is 17.0. The van der Waals surface area contributed by atoms with Crippen molar-refractivity contribution in [2.75, 3.05) is 27.4 Å². The maximum Gasteiger partial charge on any atom is 0.407 e. The highest BCUT2D eigenvalue weighted by Crippen LogP contribution is 2.44. The van der Waals surface area contributed by atoms with E-state index in [1.54, 1.807) is 0 Å². The van der Waals surface area contributed by atoms with E-state index >= 15 is 0 Å². The van der Waals surface area contributed by atoms with Crippen LogP contribution in [0.2, 0.25) is 0 Å². The van der Waals surface area contributed by atoms with Gasteiger partial charge in [-0.05, 0) is 105 Å². The predicted molar refractivity (Wildman–Crippen MR) is 235 cm³/mol. The Hall–Kier alpha value is -6.16. The van der Waals surface area contributed by atoms with Gasteiger partial charge < -0.3 is 44.4 Å². The minimum Gasteiger partial charge on any atom is -0.488 e. The van der Waals surface area contributed by atoms with Gasteiger partial charge in [0.1, 0.15) is 36.1 Å². The van der Waals surface area contributed by atoms with Gasteiger partial charge in [0.2, 0.25) is 11.8 Å². The number of fused-ring (bicyclic) bond motifs is 6. The molecule has 0 radical (unpaired) electrons. The summed E-state index contributed by atoms with van der Waals surface area (Å²) in [6.45, 7) is 9.19. The average molecular weight is 861 g/mol. The van der Waals surface area contributed by atoms with Crippen molar-refractivity contribution in [2.45, 2.75) is 109 Å². The summed E-state index contributed by atoms with van der Waals surface area (Å²) in [7, 11) is 2.77. The number of imidazole rings is 2. The van der Waals surface area contributed by atoms with Crippen molar-refractivity contribution in [1.29, 1.82) is 0 Å². The summed E-state index contributed by atoms with van der Waals surface area (Å²) >= 11 is 0. The molecule has 2 aromatic heterocycles. The molecule has 63 heavy (non-hydrogen) atoms. The summed E-state index contributed by atoms with van der Waals surface area (Å²) in [5, 5.41) is 14.7. The standard InChI is InChI=1S/C47H56N8O8/c1-24(2)39(52-46(58)61-6)44(56)54-25(3)9-15-36(54)42-48-21-35(50-42)28-11-13-31-30(18-28)23-63-38-20-32-27(19-33(31)38)12-14-34-40(32)51-43(49-34)37-16-10-26(4)55(37)45(57)41(53(5)47(59)60)29-8-7-17-62-22-29/h11-14,18-21,24-26,29,36-37,39,41H,7-10,15-17,22-23H2,1-6H3,(H,48,50)(H,49,51)(H,52,58)(H,59,60)/t25-,26-,29-,36-,37-,39-,41-/m0/s1. The Labute approximate surface area is 365 Å². The number of H-pyrrole nitrogens is 2. The molecule has 4 aliphatic heterocycles. The van der Waals surface area contributed by atoms with Crippen molar-refractivity contribution < 1.29 is 38.5 Å². The van der Waals surface area contributed by atoms with Crippen LogP contribution in [0, 0.1) is 11.8 Å². The number of hydrogen-bond donors (Lipinski definition) is 4. The molecule has 0 spiro atoms. The van der Waals surface area contributed by atoms with Gasteiger partial charge in [-0.15, -0.1) is 0 Å². The Morgan fingerprint density at radius 2 is 1.67 bits per heavy atom. The van der Waals surface area contributed by atoms with Gasteiger partial charge in [0.15, 0.2) is 0 Å². The van der Waals surface area contributed by atoms with Crippen LogP contribution in [-0.2, 0) is 25.7 Å². The number of aromatic amines is 2. The van der Waals surface area contributed by atoms with Crippen LogP contribution in [0.5, 0.6) is 5.75 Å². The Bertz CT molecular complexity index is 2580. The lowest BCUT2D eigenvalue weighted by Gasteiger charge is -2.39. The lowest BCUT2D eigenvalue weighted by atomic mass is 9.91. The molecule has 16 nitrogen and oxygen atoms in total. The molecule has 332 valence electrons. The van der Waals surface area contributed by atoms with Gasteiger partial charge >= 0.3 is 12.2 Å². The third-order valence-electron chi connectivity index (χ3n) is 13.8. The quantitative estimate of drug-likeness (QED) is 0.115. The fourth-order valence-corrected chi connectivity index (χ4v) is 10.4. The number of hydrogen-bond acceptors (Lipinski definition) is 9. The van der Waals surface area contributed by atoms with Crippen LogP contribution in [0.25, 0.3) is 44.2 Å². The first kappa shape index (κ1) is 42.2. The minimum absolute atomic E-state index is 0.0215. The zero-order valence-electron chi connectivity index (χ0n) is 36.6. The topological polar surface area (TPSA) is 195 Å². The highest BCUT2D eigenvalue weighted by molar-refractivity contribution is 6.07. The molecule has 0 unspecified atom stereocenters. The molecule has 6 heterocycles. The second kappa shape index (κ2) is 16.8. The Kier molecular flexibility index (Phi) is 11.3. The van der Waals surface area contributed by atoms with Gasteiger partial charge in [0.25, 0.3) is 0 Å². The van der Waals surface area contributed by atoms with E-state index in [1.807, 2.05) is 49.8 Å². The van der Waals surface area contributed by atoms with E-state index in [0.717, 1.165) is 92.5 Å². The molecule has 3 saturated heterocycles. The molecule has 16 heteroatoms. The van der Waals surface area contributed by atoms with Crippen LogP contribution in [0.3, 0.4) is 0 Å². The highest BCUT2D eigenvalue weighted by atomic mass is 16.5.